The number of aromatic nitrogens is 1. The summed E-state index contributed by atoms with van der Waals surface area (Å²) in [4.78, 5) is 15.3. The quantitative estimate of drug-likeness (QED) is 0.874. The van der Waals surface area contributed by atoms with Crippen LogP contribution in [0.15, 0.2) is 30.5 Å². The Morgan fingerprint density at radius 1 is 1.46 bits per heavy atom. The van der Waals surface area contributed by atoms with Crippen LogP contribution in [-0.2, 0) is 4.74 Å². The minimum Gasteiger partial charge on any atom is -0.490 e. The van der Waals surface area contributed by atoms with Crippen molar-refractivity contribution in [1.29, 1.82) is 0 Å². The van der Waals surface area contributed by atoms with Crippen LogP contribution in [0.2, 0.25) is 0 Å². The van der Waals surface area contributed by atoms with E-state index >= 15 is 0 Å². The Bertz CT molecular complexity index is 760. The van der Waals surface area contributed by atoms with Gasteiger partial charge in [-0.2, -0.15) is 0 Å². The standard InChI is InChI=1S/C17H17FN2O4/c18-10-3-4-14(24-9-11-2-1-7-23-11)13(8-10)16-15(19)12(17(21)22)5-6-20-16/h3-6,8,11H,1-2,7,9,19H2,(H,21,22). The predicted molar refractivity (Wildman–Crippen MR) is 85.5 cm³/mol. The number of pyridine rings is 1. The molecular weight excluding hydrogens is 315 g/mol. The van der Waals surface area contributed by atoms with Crippen molar-refractivity contribution in [3.63, 3.8) is 0 Å². The summed E-state index contributed by atoms with van der Waals surface area (Å²) in [5, 5.41) is 9.18. The van der Waals surface area contributed by atoms with E-state index in [-0.39, 0.29) is 23.0 Å². The molecule has 126 valence electrons. The number of carboxylic acid groups (broad SMARTS) is 1. The number of rotatable bonds is 5. The fourth-order valence-corrected chi connectivity index (χ4v) is 2.65. The number of benzene rings is 1. The number of nitrogen functional groups attached to an aromatic ring is 1. The van der Waals surface area contributed by atoms with Crippen molar-refractivity contribution in [2.75, 3.05) is 18.9 Å². The zero-order valence-electron chi connectivity index (χ0n) is 12.9. The van der Waals surface area contributed by atoms with Gasteiger partial charge < -0.3 is 20.3 Å². The molecular formula is C17H17FN2O4. The highest BCUT2D eigenvalue weighted by molar-refractivity contribution is 5.97. The second-order valence-corrected chi connectivity index (χ2v) is 5.51. The number of hydrogen-bond acceptors (Lipinski definition) is 5. The maximum absolute atomic E-state index is 13.7. The number of anilines is 1. The van der Waals surface area contributed by atoms with E-state index < -0.39 is 11.8 Å². The molecule has 1 aromatic carbocycles. The molecule has 3 N–H and O–H groups in total. The Hall–Kier alpha value is -2.67. The van der Waals surface area contributed by atoms with Crippen LogP contribution in [0, 0.1) is 5.82 Å². The Balaban J connectivity index is 1.96. The molecule has 2 heterocycles. The summed E-state index contributed by atoms with van der Waals surface area (Å²) in [6.07, 6.45) is 3.22. The Labute approximate surface area is 138 Å². The monoisotopic (exact) mass is 332 g/mol. The second-order valence-electron chi connectivity index (χ2n) is 5.51. The van der Waals surface area contributed by atoms with Crippen molar-refractivity contribution in [2.24, 2.45) is 0 Å². The van der Waals surface area contributed by atoms with Crippen LogP contribution in [0.3, 0.4) is 0 Å². The molecule has 0 amide bonds. The first-order valence-electron chi connectivity index (χ1n) is 7.58. The second kappa shape index (κ2) is 6.84. The van der Waals surface area contributed by atoms with Crippen molar-refractivity contribution in [3.8, 4) is 17.0 Å². The number of nitrogens with zero attached hydrogens (tertiary/aromatic N) is 1. The van der Waals surface area contributed by atoms with Gasteiger partial charge in [0.1, 0.15) is 18.2 Å². The number of aromatic carboxylic acids is 1. The molecule has 1 aromatic heterocycles. The summed E-state index contributed by atoms with van der Waals surface area (Å²) < 4.78 is 25.0. The van der Waals surface area contributed by atoms with Crippen LogP contribution >= 0.6 is 0 Å². The van der Waals surface area contributed by atoms with Crippen LogP contribution in [-0.4, -0.2) is 35.4 Å². The minimum absolute atomic E-state index is 0.00133. The number of nitrogens with two attached hydrogens (primary N) is 1. The molecule has 1 aliphatic rings. The molecule has 7 heteroatoms. The summed E-state index contributed by atoms with van der Waals surface area (Å²) in [6, 6.07) is 5.28. The van der Waals surface area contributed by atoms with E-state index in [1.165, 1.54) is 30.5 Å². The van der Waals surface area contributed by atoms with Gasteiger partial charge in [0, 0.05) is 18.4 Å². The van der Waals surface area contributed by atoms with Gasteiger partial charge in [-0.3, -0.25) is 4.98 Å². The van der Waals surface area contributed by atoms with Crippen molar-refractivity contribution in [2.45, 2.75) is 18.9 Å². The minimum atomic E-state index is -1.17. The molecule has 0 radical (unpaired) electrons. The van der Waals surface area contributed by atoms with Gasteiger partial charge in [0.25, 0.3) is 0 Å². The van der Waals surface area contributed by atoms with E-state index in [9.17, 15) is 14.3 Å². The molecule has 6 nitrogen and oxygen atoms in total. The van der Waals surface area contributed by atoms with Gasteiger partial charge in [0.2, 0.25) is 0 Å². The maximum atomic E-state index is 13.7. The normalized spacial score (nSPS) is 17.0. The summed E-state index contributed by atoms with van der Waals surface area (Å²) in [5.74, 6) is -1.28. The van der Waals surface area contributed by atoms with Crippen molar-refractivity contribution in [3.05, 3.63) is 41.8 Å². The van der Waals surface area contributed by atoms with E-state index in [0.717, 1.165) is 12.8 Å². The highest BCUT2D eigenvalue weighted by Crippen LogP contribution is 2.34. The lowest BCUT2D eigenvalue weighted by molar-refractivity contribution is 0.0681. The number of halogens is 1. The molecule has 0 aliphatic carbocycles. The summed E-state index contributed by atoms with van der Waals surface area (Å²) in [7, 11) is 0. The van der Waals surface area contributed by atoms with Gasteiger partial charge in [0.05, 0.1) is 23.0 Å². The van der Waals surface area contributed by atoms with Crippen LogP contribution < -0.4 is 10.5 Å². The average molecular weight is 332 g/mol. The molecule has 3 rings (SSSR count). The topological polar surface area (TPSA) is 94.7 Å². The summed E-state index contributed by atoms with van der Waals surface area (Å²) in [6.45, 7) is 1.04. The van der Waals surface area contributed by atoms with E-state index in [2.05, 4.69) is 4.98 Å². The van der Waals surface area contributed by atoms with Gasteiger partial charge in [-0.25, -0.2) is 9.18 Å². The van der Waals surface area contributed by atoms with Crippen LogP contribution in [0.25, 0.3) is 11.3 Å². The number of carbonyl (C=O) groups is 1. The van der Waals surface area contributed by atoms with E-state index in [4.69, 9.17) is 15.2 Å². The lowest BCUT2D eigenvalue weighted by Crippen LogP contribution is -2.16. The van der Waals surface area contributed by atoms with Crippen molar-refractivity contribution >= 4 is 11.7 Å². The molecule has 2 aromatic rings. The molecule has 1 atom stereocenters. The highest BCUT2D eigenvalue weighted by Gasteiger charge is 2.20. The average Bonchev–Trinajstić information content (AvgIpc) is 3.07. The molecule has 0 saturated carbocycles. The Morgan fingerprint density at radius 3 is 3.00 bits per heavy atom. The van der Waals surface area contributed by atoms with Gasteiger partial charge in [-0.05, 0) is 37.1 Å². The molecule has 1 aliphatic heterocycles. The van der Waals surface area contributed by atoms with E-state index in [1.807, 2.05) is 0 Å². The van der Waals surface area contributed by atoms with Crippen molar-refractivity contribution in [1.82, 2.24) is 4.98 Å². The first-order chi connectivity index (χ1) is 11.6. The zero-order chi connectivity index (χ0) is 17.1. The number of ether oxygens (including phenoxy) is 2. The predicted octanol–water partition coefficient (Wildman–Crippen LogP) is 2.73. The van der Waals surface area contributed by atoms with Crippen LogP contribution in [0.5, 0.6) is 5.75 Å². The van der Waals surface area contributed by atoms with Gasteiger partial charge in [0.15, 0.2) is 0 Å². The maximum Gasteiger partial charge on any atom is 0.337 e. The summed E-state index contributed by atoms with van der Waals surface area (Å²) in [5.41, 5.74) is 6.28. The van der Waals surface area contributed by atoms with Crippen molar-refractivity contribution < 1.29 is 23.8 Å². The third-order valence-corrected chi connectivity index (χ3v) is 3.87. The lowest BCUT2D eigenvalue weighted by Gasteiger charge is -2.16. The molecule has 0 bridgehead atoms. The van der Waals surface area contributed by atoms with Gasteiger partial charge >= 0.3 is 5.97 Å². The van der Waals surface area contributed by atoms with Gasteiger partial charge in [-0.15, -0.1) is 0 Å². The van der Waals surface area contributed by atoms with Gasteiger partial charge in [-0.1, -0.05) is 0 Å². The molecule has 0 spiro atoms. The first-order valence-corrected chi connectivity index (χ1v) is 7.58. The molecule has 24 heavy (non-hydrogen) atoms. The van der Waals surface area contributed by atoms with Crippen LogP contribution in [0.1, 0.15) is 23.2 Å². The Morgan fingerprint density at radius 2 is 2.29 bits per heavy atom. The lowest BCUT2D eigenvalue weighted by atomic mass is 10.1. The third kappa shape index (κ3) is 3.30. The van der Waals surface area contributed by atoms with E-state index in [1.54, 1.807) is 0 Å². The molecule has 1 saturated heterocycles. The largest absolute Gasteiger partial charge is 0.490 e. The van der Waals surface area contributed by atoms with E-state index in [0.29, 0.717) is 24.5 Å². The summed E-state index contributed by atoms with van der Waals surface area (Å²) >= 11 is 0. The fraction of sp³-hybridized carbons (Fsp3) is 0.294. The zero-order valence-corrected chi connectivity index (χ0v) is 12.9. The Kier molecular flexibility index (Phi) is 4.61. The third-order valence-electron chi connectivity index (χ3n) is 3.87. The SMILES string of the molecule is Nc1c(C(=O)O)ccnc1-c1cc(F)ccc1OCC1CCCO1. The molecule has 1 fully saturated rings. The first kappa shape index (κ1) is 16.2. The number of hydrogen-bond donors (Lipinski definition) is 2. The fourth-order valence-electron chi connectivity index (χ4n) is 2.65. The smallest absolute Gasteiger partial charge is 0.337 e. The molecule has 1 unspecified atom stereocenters. The highest BCUT2D eigenvalue weighted by atomic mass is 19.1. The van der Waals surface area contributed by atoms with Crippen LogP contribution in [0.4, 0.5) is 10.1 Å². The number of carboxylic acids is 1.